The van der Waals surface area contributed by atoms with E-state index < -0.39 is 0 Å². The molecule has 2 aromatic carbocycles. The summed E-state index contributed by atoms with van der Waals surface area (Å²) in [4.78, 5) is 24.8. The largest absolute Gasteiger partial charge is 0.380 e. The van der Waals surface area contributed by atoms with Crippen LogP contribution in [0.5, 0.6) is 0 Å². The number of benzene rings is 2. The first-order valence-corrected chi connectivity index (χ1v) is 11.9. The van der Waals surface area contributed by atoms with Crippen molar-refractivity contribution in [2.45, 2.75) is 6.92 Å². The molecule has 2 amide bonds. The molecule has 2 aliphatic heterocycles. The Morgan fingerprint density at radius 1 is 1.18 bits per heavy atom. The van der Waals surface area contributed by atoms with Crippen LogP contribution in [0.2, 0.25) is 0 Å². The first kappa shape index (κ1) is 20.8. The molecule has 34 heavy (non-hydrogen) atoms. The number of urea groups is 1. The average molecular weight is 468 g/mol. The van der Waals surface area contributed by atoms with Crippen LogP contribution in [-0.2, 0) is 4.74 Å². The number of nitriles is 1. The van der Waals surface area contributed by atoms with Gasteiger partial charge >= 0.3 is 6.03 Å². The SMILES string of the molecule is Cc1ccnc2ccc(-c3sc(NC(=O)N4CC5(COC5)C4)nc3-c3cccc(C#N)c3)cc12. The number of ether oxygens (including phenoxy) is 1. The predicted molar refractivity (Wildman–Crippen MR) is 132 cm³/mol. The number of amides is 2. The quantitative estimate of drug-likeness (QED) is 0.454. The van der Waals surface area contributed by atoms with Crippen LogP contribution in [0.1, 0.15) is 11.1 Å². The van der Waals surface area contributed by atoms with E-state index in [1.54, 1.807) is 11.0 Å². The third-order valence-corrected chi connectivity index (χ3v) is 7.50. The Morgan fingerprint density at radius 3 is 2.79 bits per heavy atom. The van der Waals surface area contributed by atoms with Crippen molar-refractivity contribution in [3.63, 3.8) is 0 Å². The minimum absolute atomic E-state index is 0.145. The summed E-state index contributed by atoms with van der Waals surface area (Å²) in [6, 6.07) is 17.6. The maximum absolute atomic E-state index is 12.8. The molecule has 6 rings (SSSR count). The lowest BCUT2D eigenvalue weighted by atomic mass is 9.78. The summed E-state index contributed by atoms with van der Waals surface area (Å²) < 4.78 is 5.31. The van der Waals surface area contributed by atoms with E-state index in [1.165, 1.54) is 11.3 Å². The molecule has 4 aromatic rings. The molecule has 0 bridgehead atoms. The molecule has 0 unspecified atom stereocenters. The van der Waals surface area contributed by atoms with Gasteiger partial charge in [0.25, 0.3) is 0 Å². The summed E-state index contributed by atoms with van der Waals surface area (Å²) in [6.07, 6.45) is 1.81. The minimum atomic E-state index is -0.145. The molecule has 2 aromatic heterocycles. The molecular formula is C26H21N5O2S. The molecule has 168 valence electrons. The van der Waals surface area contributed by atoms with E-state index in [0.717, 1.165) is 51.4 Å². The van der Waals surface area contributed by atoms with Gasteiger partial charge in [-0.25, -0.2) is 9.78 Å². The molecule has 0 atom stereocenters. The topological polar surface area (TPSA) is 91.1 Å². The molecule has 0 radical (unpaired) electrons. The molecule has 7 nitrogen and oxygen atoms in total. The Kier molecular flexibility index (Phi) is 4.83. The highest BCUT2D eigenvalue weighted by Gasteiger charge is 2.50. The number of aromatic nitrogens is 2. The van der Waals surface area contributed by atoms with Gasteiger partial charge < -0.3 is 9.64 Å². The third kappa shape index (κ3) is 3.50. The Bertz CT molecular complexity index is 1480. The monoisotopic (exact) mass is 467 g/mol. The van der Waals surface area contributed by atoms with Crippen LogP contribution in [0.15, 0.2) is 54.7 Å². The number of fused-ring (bicyclic) bond motifs is 1. The van der Waals surface area contributed by atoms with E-state index in [9.17, 15) is 10.1 Å². The third-order valence-electron chi connectivity index (χ3n) is 6.48. The normalized spacial score (nSPS) is 16.1. The number of likely N-dealkylation sites (tertiary alicyclic amines) is 1. The second kappa shape index (κ2) is 7.90. The van der Waals surface area contributed by atoms with Crippen molar-refractivity contribution in [1.82, 2.24) is 14.9 Å². The summed E-state index contributed by atoms with van der Waals surface area (Å²) >= 11 is 1.44. The molecule has 8 heteroatoms. The zero-order valence-corrected chi connectivity index (χ0v) is 19.4. The predicted octanol–water partition coefficient (Wildman–Crippen LogP) is 5.07. The lowest BCUT2D eigenvalue weighted by Gasteiger charge is -2.54. The lowest BCUT2D eigenvalue weighted by molar-refractivity contribution is -0.174. The van der Waals surface area contributed by atoms with Gasteiger partial charge in [-0.05, 0) is 48.4 Å². The van der Waals surface area contributed by atoms with Crippen molar-refractivity contribution < 1.29 is 9.53 Å². The van der Waals surface area contributed by atoms with E-state index in [2.05, 4.69) is 29.4 Å². The summed E-state index contributed by atoms with van der Waals surface area (Å²) in [5.41, 5.74) is 5.37. The van der Waals surface area contributed by atoms with Crippen molar-refractivity contribution in [1.29, 1.82) is 5.26 Å². The van der Waals surface area contributed by atoms with Gasteiger partial charge in [-0.1, -0.05) is 29.5 Å². The number of rotatable bonds is 3. The summed E-state index contributed by atoms with van der Waals surface area (Å²) in [7, 11) is 0. The summed E-state index contributed by atoms with van der Waals surface area (Å²) in [5, 5.41) is 14.0. The Labute approximate surface area is 200 Å². The Hall–Kier alpha value is -3.80. The fourth-order valence-electron chi connectivity index (χ4n) is 4.58. The first-order chi connectivity index (χ1) is 16.5. The number of nitrogens with zero attached hydrogens (tertiary/aromatic N) is 4. The van der Waals surface area contributed by atoms with Gasteiger partial charge in [0.2, 0.25) is 0 Å². The number of nitrogens with one attached hydrogen (secondary N) is 1. The minimum Gasteiger partial charge on any atom is -0.380 e. The van der Waals surface area contributed by atoms with E-state index in [0.29, 0.717) is 23.8 Å². The van der Waals surface area contributed by atoms with Gasteiger partial charge in [0.1, 0.15) is 0 Å². The molecule has 2 aliphatic rings. The molecule has 2 saturated heterocycles. The maximum atomic E-state index is 12.8. The molecule has 4 heterocycles. The van der Waals surface area contributed by atoms with Gasteiger partial charge in [0, 0.05) is 30.2 Å². The fourth-order valence-corrected chi connectivity index (χ4v) is 5.55. The second-order valence-electron chi connectivity index (χ2n) is 9.03. The molecule has 0 aliphatic carbocycles. The van der Waals surface area contributed by atoms with Crippen molar-refractivity contribution in [3.05, 3.63) is 65.9 Å². The number of carbonyl (C=O) groups excluding carboxylic acids is 1. The van der Waals surface area contributed by atoms with E-state index >= 15 is 0 Å². The van der Waals surface area contributed by atoms with Crippen molar-refractivity contribution in [3.8, 4) is 27.8 Å². The number of aryl methyl sites for hydroxylation is 1. The van der Waals surface area contributed by atoms with Crippen LogP contribution in [0, 0.1) is 23.7 Å². The van der Waals surface area contributed by atoms with Gasteiger partial charge in [-0.3, -0.25) is 10.3 Å². The highest BCUT2D eigenvalue weighted by Crippen LogP contribution is 2.41. The van der Waals surface area contributed by atoms with E-state index in [-0.39, 0.29) is 11.4 Å². The van der Waals surface area contributed by atoms with Gasteiger partial charge in [-0.2, -0.15) is 5.26 Å². The van der Waals surface area contributed by atoms with Crippen molar-refractivity contribution >= 4 is 33.4 Å². The van der Waals surface area contributed by atoms with Crippen LogP contribution in [-0.4, -0.2) is 47.2 Å². The smallest absolute Gasteiger partial charge is 0.323 e. The van der Waals surface area contributed by atoms with Gasteiger partial charge in [0.05, 0.1) is 46.3 Å². The molecule has 1 N–H and O–H groups in total. The zero-order chi connectivity index (χ0) is 23.3. The Morgan fingerprint density at radius 2 is 2.03 bits per heavy atom. The fraction of sp³-hybridized carbons (Fsp3) is 0.231. The standard InChI is InChI=1S/C26H21N5O2S/c1-16-7-8-28-21-6-5-19(10-20(16)21)23-22(18-4-2-3-17(9-18)11-27)29-24(34-23)30-25(32)31-12-26(13-31)14-33-15-26/h2-10H,12-15H2,1H3,(H,29,30,32). The van der Waals surface area contributed by atoms with Gasteiger partial charge in [0.15, 0.2) is 5.13 Å². The highest BCUT2D eigenvalue weighted by molar-refractivity contribution is 7.19. The molecular weight excluding hydrogens is 446 g/mol. The molecule has 0 saturated carbocycles. The summed E-state index contributed by atoms with van der Waals surface area (Å²) in [6.45, 7) is 4.95. The van der Waals surface area contributed by atoms with Crippen molar-refractivity contribution in [2.75, 3.05) is 31.6 Å². The van der Waals surface area contributed by atoms with Crippen LogP contribution in [0.4, 0.5) is 9.93 Å². The number of anilines is 1. The van der Waals surface area contributed by atoms with Crippen LogP contribution in [0.25, 0.3) is 32.6 Å². The number of carbonyl (C=O) groups is 1. The average Bonchev–Trinajstić information content (AvgIpc) is 3.21. The lowest BCUT2D eigenvalue weighted by Crippen LogP contribution is -2.67. The van der Waals surface area contributed by atoms with Crippen LogP contribution < -0.4 is 5.32 Å². The number of pyridine rings is 1. The number of hydrogen-bond donors (Lipinski definition) is 1. The highest BCUT2D eigenvalue weighted by atomic mass is 32.1. The maximum Gasteiger partial charge on any atom is 0.323 e. The van der Waals surface area contributed by atoms with Gasteiger partial charge in [-0.15, -0.1) is 0 Å². The zero-order valence-electron chi connectivity index (χ0n) is 18.5. The number of hydrogen-bond acceptors (Lipinski definition) is 6. The van der Waals surface area contributed by atoms with Crippen LogP contribution in [0.3, 0.4) is 0 Å². The van der Waals surface area contributed by atoms with Crippen LogP contribution >= 0.6 is 11.3 Å². The van der Waals surface area contributed by atoms with Crippen molar-refractivity contribution in [2.24, 2.45) is 5.41 Å². The molecule has 2 fully saturated rings. The summed E-state index contributed by atoms with van der Waals surface area (Å²) in [5.74, 6) is 0. The van der Waals surface area contributed by atoms with E-state index in [1.807, 2.05) is 42.6 Å². The molecule has 1 spiro atoms. The number of thiazole rings is 1. The second-order valence-corrected chi connectivity index (χ2v) is 10.0. The Balaban J connectivity index is 1.38. The van der Waals surface area contributed by atoms with E-state index in [4.69, 9.17) is 9.72 Å². The first-order valence-electron chi connectivity index (χ1n) is 11.0.